The van der Waals surface area contributed by atoms with Gasteiger partial charge in [-0.25, -0.2) is 12.8 Å². The lowest BCUT2D eigenvalue weighted by atomic mass is 10.1. The zero-order chi connectivity index (χ0) is 23.6. The minimum atomic E-state index is -4.08. The summed E-state index contributed by atoms with van der Waals surface area (Å²) in [4.78, 5) is 26.4. The van der Waals surface area contributed by atoms with Gasteiger partial charge in [-0.15, -0.1) is 0 Å². The van der Waals surface area contributed by atoms with Gasteiger partial charge in [-0.3, -0.25) is 9.59 Å². The lowest BCUT2D eigenvalue weighted by Crippen LogP contribution is -2.40. The van der Waals surface area contributed by atoms with Crippen molar-refractivity contribution in [1.29, 1.82) is 0 Å². The van der Waals surface area contributed by atoms with Crippen LogP contribution in [0.3, 0.4) is 0 Å². The van der Waals surface area contributed by atoms with Gasteiger partial charge < -0.3 is 19.7 Å². The van der Waals surface area contributed by atoms with Crippen molar-refractivity contribution >= 4 is 33.2 Å². The molecule has 0 aliphatic carbocycles. The number of halogens is 1. The van der Waals surface area contributed by atoms with Crippen molar-refractivity contribution < 1.29 is 31.9 Å². The first-order valence-electron chi connectivity index (χ1n) is 10.4. The van der Waals surface area contributed by atoms with Crippen molar-refractivity contribution in [3.8, 4) is 5.75 Å². The molecule has 0 bridgehead atoms. The number of sulfonamides is 1. The zero-order valence-corrected chi connectivity index (χ0v) is 18.8. The van der Waals surface area contributed by atoms with Crippen LogP contribution in [-0.4, -0.2) is 64.5 Å². The quantitative estimate of drug-likeness (QED) is 0.681. The molecule has 2 heterocycles. The van der Waals surface area contributed by atoms with E-state index >= 15 is 0 Å². The highest BCUT2D eigenvalue weighted by atomic mass is 32.2. The number of nitrogens with zero attached hydrogens (tertiary/aromatic N) is 2. The third kappa shape index (κ3) is 4.70. The normalized spacial score (nSPS) is 19.5. The average molecular weight is 478 g/mol. The average Bonchev–Trinajstić information content (AvgIpc) is 3.22. The molecule has 2 amide bonds. The number of morpholine rings is 1. The van der Waals surface area contributed by atoms with Crippen LogP contribution in [-0.2, 0) is 24.3 Å². The van der Waals surface area contributed by atoms with Crippen LogP contribution < -0.4 is 15.0 Å². The molecule has 0 saturated carbocycles. The standard InChI is InChI=1S/C22H24FN3O6S/c1-31-19-5-3-2-4-18(19)26-14-15(12-21(26)27)22(28)24-16-6-7-17(23)20(13-16)33(29,30)25-8-10-32-11-9-25/h2-7,13,15H,8-12,14H2,1H3,(H,24,28)/t15-/m0/s1. The zero-order valence-electron chi connectivity index (χ0n) is 18.0. The number of methoxy groups -OCH3 is 1. The summed E-state index contributed by atoms with van der Waals surface area (Å²) in [5.74, 6) is -1.73. The minimum Gasteiger partial charge on any atom is -0.495 e. The molecule has 4 rings (SSSR count). The van der Waals surface area contributed by atoms with Crippen LogP contribution >= 0.6 is 0 Å². The molecule has 9 nitrogen and oxygen atoms in total. The largest absolute Gasteiger partial charge is 0.495 e. The van der Waals surface area contributed by atoms with Gasteiger partial charge in [-0.05, 0) is 30.3 Å². The Morgan fingerprint density at radius 1 is 1.18 bits per heavy atom. The minimum absolute atomic E-state index is 0.00991. The molecule has 0 radical (unpaired) electrons. The summed E-state index contributed by atoms with van der Waals surface area (Å²) < 4.78 is 51.7. The second kappa shape index (κ2) is 9.46. The predicted octanol–water partition coefficient (Wildman–Crippen LogP) is 1.85. The smallest absolute Gasteiger partial charge is 0.246 e. The van der Waals surface area contributed by atoms with Crippen LogP contribution in [0, 0.1) is 11.7 Å². The highest BCUT2D eigenvalue weighted by molar-refractivity contribution is 7.89. The fourth-order valence-corrected chi connectivity index (χ4v) is 5.42. The molecule has 2 fully saturated rings. The third-order valence-electron chi connectivity index (χ3n) is 5.66. The van der Waals surface area contributed by atoms with Crippen molar-refractivity contribution in [3.63, 3.8) is 0 Å². The number of carbonyl (C=O) groups is 2. The van der Waals surface area contributed by atoms with Crippen LogP contribution in [0.4, 0.5) is 15.8 Å². The maximum Gasteiger partial charge on any atom is 0.246 e. The number of para-hydroxylation sites is 2. The molecule has 1 N–H and O–H groups in total. The van der Waals surface area contributed by atoms with Gasteiger partial charge in [0.15, 0.2) is 0 Å². The fourth-order valence-electron chi connectivity index (χ4n) is 3.92. The van der Waals surface area contributed by atoms with E-state index in [1.165, 1.54) is 18.1 Å². The molecule has 2 aliphatic heterocycles. The Morgan fingerprint density at radius 3 is 2.64 bits per heavy atom. The molecular weight excluding hydrogens is 453 g/mol. The maximum absolute atomic E-state index is 14.4. The second-order valence-corrected chi connectivity index (χ2v) is 9.63. The number of carbonyl (C=O) groups excluding carboxylic acids is 2. The highest BCUT2D eigenvalue weighted by Crippen LogP contribution is 2.33. The van der Waals surface area contributed by atoms with Crippen LogP contribution in [0.1, 0.15) is 6.42 Å². The number of ether oxygens (including phenoxy) is 2. The summed E-state index contributed by atoms with van der Waals surface area (Å²) in [6, 6.07) is 10.4. The molecular formula is C22H24FN3O6S. The molecule has 2 aliphatic rings. The van der Waals surface area contributed by atoms with Gasteiger partial charge in [0.25, 0.3) is 0 Å². The third-order valence-corrected chi connectivity index (χ3v) is 7.57. The van der Waals surface area contributed by atoms with Crippen LogP contribution in [0.15, 0.2) is 47.4 Å². The summed E-state index contributed by atoms with van der Waals surface area (Å²) in [6.45, 7) is 0.860. The summed E-state index contributed by atoms with van der Waals surface area (Å²) >= 11 is 0. The second-order valence-electron chi connectivity index (χ2n) is 7.73. The summed E-state index contributed by atoms with van der Waals surface area (Å²) in [6.07, 6.45) is -0.00991. The van der Waals surface area contributed by atoms with Gasteiger partial charge in [-0.1, -0.05) is 12.1 Å². The summed E-state index contributed by atoms with van der Waals surface area (Å²) in [7, 11) is -2.58. The monoisotopic (exact) mass is 477 g/mol. The summed E-state index contributed by atoms with van der Waals surface area (Å²) in [5.41, 5.74) is 0.706. The van der Waals surface area contributed by atoms with E-state index in [2.05, 4.69) is 5.32 Å². The maximum atomic E-state index is 14.4. The SMILES string of the molecule is COc1ccccc1N1C[C@@H](C(=O)Nc2ccc(F)c(S(=O)(=O)N3CCOCC3)c2)CC1=O. The lowest BCUT2D eigenvalue weighted by molar-refractivity contribution is -0.122. The highest BCUT2D eigenvalue weighted by Gasteiger charge is 2.36. The number of nitrogens with one attached hydrogen (secondary N) is 1. The Hall–Kier alpha value is -3.02. The van der Waals surface area contributed by atoms with E-state index in [0.29, 0.717) is 11.4 Å². The number of amides is 2. The molecule has 0 aromatic heterocycles. The first kappa shape index (κ1) is 23.1. The number of rotatable bonds is 6. The van der Waals surface area contributed by atoms with E-state index in [9.17, 15) is 22.4 Å². The Balaban J connectivity index is 1.50. The van der Waals surface area contributed by atoms with Gasteiger partial charge in [0.2, 0.25) is 21.8 Å². The van der Waals surface area contributed by atoms with Crippen molar-refractivity contribution in [3.05, 3.63) is 48.3 Å². The Kier molecular flexibility index (Phi) is 6.63. The Labute approximate surface area is 191 Å². The molecule has 2 saturated heterocycles. The molecule has 2 aromatic rings. The van der Waals surface area contributed by atoms with Gasteiger partial charge in [0, 0.05) is 31.7 Å². The van der Waals surface area contributed by atoms with Crippen LogP contribution in [0.2, 0.25) is 0 Å². The van der Waals surface area contributed by atoms with Crippen molar-refractivity contribution in [2.24, 2.45) is 5.92 Å². The number of hydrogen-bond donors (Lipinski definition) is 1. The first-order valence-corrected chi connectivity index (χ1v) is 11.9. The molecule has 0 spiro atoms. The van der Waals surface area contributed by atoms with Crippen molar-refractivity contribution in [2.75, 3.05) is 50.2 Å². The number of benzene rings is 2. The van der Waals surface area contributed by atoms with Gasteiger partial charge in [0.1, 0.15) is 16.5 Å². The molecule has 33 heavy (non-hydrogen) atoms. The molecule has 0 unspecified atom stereocenters. The predicted molar refractivity (Wildman–Crippen MR) is 118 cm³/mol. The van der Waals surface area contributed by atoms with E-state index in [1.807, 2.05) is 0 Å². The van der Waals surface area contributed by atoms with E-state index in [0.717, 1.165) is 16.4 Å². The first-order chi connectivity index (χ1) is 15.8. The number of hydrogen-bond acceptors (Lipinski definition) is 6. The molecule has 2 aromatic carbocycles. The Bertz CT molecular complexity index is 1170. The van der Waals surface area contributed by atoms with E-state index in [1.54, 1.807) is 24.3 Å². The lowest BCUT2D eigenvalue weighted by Gasteiger charge is -2.26. The topological polar surface area (TPSA) is 105 Å². The summed E-state index contributed by atoms with van der Waals surface area (Å²) in [5, 5.41) is 2.62. The fraction of sp³-hybridized carbons (Fsp3) is 0.364. The number of anilines is 2. The molecule has 1 atom stereocenters. The van der Waals surface area contributed by atoms with Gasteiger partial charge >= 0.3 is 0 Å². The molecule has 176 valence electrons. The van der Waals surface area contributed by atoms with Gasteiger partial charge in [0.05, 0.1) is 31.9 Å². The van der Waals surface area contributed by atoms with Crippen LogP contribution in [0.5, 0.6) is 5.75 Å². The molecule has 11 heteroatoms. The van der Waals surface area contributed by atoms with E-state index < -0.39 is 32.6 Å². The van der Waals surface area contributed by atoms with Crippen LogP contribution in [0.25, 0.3) is 0 Å². The van der Waals surface area contributed by atoms with E-state index in [-0.39, 0.29) is 50.9 Å². The van der Waals surface area contributed by atoms with Crippen molar-refractivity contribution in [1.82, 2.24) is 4.31 Å². The van der Waals surface area contributed by atoms with Crippen molar-refractivity contribution in [2.45, 2.75) is 11.3 Å². The van der Waals surface area contributed by atoms with Gasteiger partial charge in [-0.2, -0.15) is 4.31 Å². The Morgan fingerprint density at radius 2 is 1.91 bits per heavy atom. The van der Waals surface area contributed by atoms with E-state index in [4.69, 9.17) is 9.47 Å².